The number of alkyl halides is 3. The lowest BCUT2D eigenvalue weighted by Crippen LogP contribution is -2.48. The van der Waals surface area contributed by atoms with E-state index in [1.807, 2.05) is 6.92 Å². The van der Waals surface area contributed by atoms with E-state index in [0.29, 0.717) is 30.2 Å². The van der Waals surface area contributed by atoms with Gasteiger partial charge in [0.1, 0.15) is 5.82 Å². The smallest absolute Gasteiger partial charge is 0.399 e. The van der Waals surface area contributed by atoms with Crippen LogP contribution < -0.4 is 16.6 Å². The number of halogens is 4. The van der Waals surface area contributed by atoms with Crippen molar-refractivity contribution in [2.45, 2.75) is 39.0 Å². The Labute approximate surface area is 176 Å². The summed E-state index contributed by atoms with van der Waals surface area (Å²) < 4.78 is 41.1. The minimum atomic E-state index is -4.66. The molecule has 0 unspecified atom stereocenters. The Morgan fingerprint density at radius 2 is 2.07 bits per heavy atom. The van der Waals surface area contributed by atoms with Crippen LogP contribution in [0.4, 0.5) is 19.0 Å². The summed E-state index contributed by atoms with van der Waals surface area (Å²) in [5, 5.41) is 4.99. The van der Waals surface area contributed by atoms with Crippen LogP contribution in [0.5, 0.6) is 0 Å². The highest BCUT2D eigenvalue weighted by atomic mass is 35.5. The fraction of sp³-hybridized carbons (Fsp3) is 0.368. The van der Waals surface area contributed by atoms with Gasteiger partial charge in [-0.2, -0.15) is 18.3 Å². The zero-order chi connectivity index (χ0) is 22.2. The standard InChI is InChI=1S/C19H22ClF3N6O/c1-3-28-16(7-8-26-28)29(25)15-9-11(2)27(10-14(15)24)18(30)12-5-4-6-13(17(12)20)19(21,22)23/h4-8,11H,3,9-10,24-25H2,1-2H3/t11-/m0/s1. The largest absolute Gasteiger partial charge is 0.417 e. The molecule has 11 heteroatoms. The number of aromatic nitrogens is 2. The summed E-state index contributed by atoms with van der Waals surface area (Å²) in [6.45, 7) is 4.31. The number of hydrogen-bond donors (Lipinski definition) is 2. The van der Waals surface area contributed by atoms with Crippen LogP contribution in [0, 0.1) is 0 Å². The van der Waals surface area contributed by atoms with E-state index in [-0.39, 0.29) is 18.2 Å². The van der Waals surface area contributed by atoms with Crippen molar-refractivity contribution < 1.29 is 18.0 Å². The van der Waals surface area contributed by atoms with Gasteiger partial charge in [0.2, 0.25) is 0 Å². The van der Waals surface area contributed by atoms with Crippen molar-refractivity contribution in [1.82, 2.24) is 14.7 Å². The Balaban J connectivity index is 1.89. The molecule has 0 fully saturated rings. The van der Waals surface area contributed by atoms with E-state index in [0.717, 1.165) is 12.1 Å². The maximum atomic E-state index is 13.1. The molecule has 0 spiro atoms. The van der Waals surface area contributed by atoms with Crippen molar-refractivity contribution >= 4 is 23.3 Å². The molecule has 30 heavy (non-hydrogen) atoms. The first-order valence-corrected chi connectivity index (χ1v) is 9.64. The molecule has 1 amide bonds. The van der Waals surface area contributed by atoms with Crippen LogP contribution in [-0.2, 0) is 12.7 Å². The summed E-state index contributed by atoms with van der Waals surface area (Å²) in [4.78, 5) is 14.4. The van der Waals surface area contributed by atoms with Gasteiger partial charge in [0.15, 0.2) is 0 Å². The molecular formula is C19H22ClF3N6O. The van der Waals surface area contributed by atoms with Gasteiger partial charge in [-0.3, -0.25) is 9.80 Å². The average Bonchev–Trinajstić information content (AvgIpc) is 3.16. The molecule has 1 aliphatic heterocycles. The molecule has 1 aromatic heterocycles. The van der Waals surface area contributed by atoms with E-state index in [2.05, 4.69) is 5.10 Å². The topological polar surface area (TPSA) is 93.4 Å². The highest BCUT2D eigenvalue weighted by Gasteiger charge is 2.37. The summed E-state index contributed by atoms with van der Waals surface area (Å²) in [7, 11) is 0. The Morgan fingerprint density at radius 1 is 1.37 bits per heavy atom. The molecule has 1 aliphatic rings. The SMILES string of the molecule is CCn1nccc1N(N)C1=C(N)CN(C(=O)c2cccc(C(F)(F)F)c2Cl)[C@@H](C)C1. The predicted molar refractivity (Wildman–Crippen MR) is 107 cm³/mol. The maximum absolute atomic E-state index is 13.1. The Morgan fingerprint density at radius 3 is 2.70 bits per heavy atom. The van der Waals surface area contributed by atoms with Crippen LogP contribution in [-0.4, -0.2) is 33.2 Å². The monoisotopic (exact) mass is 442 g/mol. The first kappa shape index (κ1) is 22.0. The van der Waals surface area contributed by atoms with Gasteiger partial charge in [-0.15, -0.1) is 0 Å². The lowest BCUT2D eigenvalue weighted by molar-refractivity contribution is -0.137. The molecule has 3 rings (SSSR count). The molecule has 0 aliphatic carbocycles. The second-order valence-corrected chi connectivity index (χ2v) is 7.38. The van der Waals surface area contributed by atoms with Gasteiger partial charge in [0.05, 0.1) is 34.6 Å². The summed E-state index contributed by atoms with van der Waals surface area (Å²) >= 11 is 5.92. The Kier molecular flexibility index (Phi) is 6.00. The van der Waals surface area contributed by atoms with Crippen molar-refractivity contribution in [3.63, 3.8) is 0 Å². The van der Waals surface area contributed by atoms with Crippen LogP contribution in [0.2, 0.25) is 5.02 Å². The average molecular weight is 443 g/mol. The number of nitrogens with two attached hydrogens (primary N) is 2. The van der Waals surface area contributed by atoms with Gasteiger partial charge in [-0.1, -0.05) is 17.7 Å². The number of anilines is 1. The summed E-state index contributed by atoms with van der Waals surface area (Å²) in [6, 6.07) is 4.66. The quantitative estimate of drug-likeness (QED) is 0.559. The van der Waals surface area contributed by atoms with Crippen molar-refractivity contribution in [3.05, 3.63) is 58.0 Å². The second kappa shape index (κ2) is 8.19. The van der Waals surface area contributed by atoms with Crippen molar-refractivity contribution in [2.24, 2.45) is 11.6 Å². The molecule has 1 aromatic carbocycles. The first-order chi connectivity index (χ1) is 14.1. The highest BCUT2D eigenvalue weighted by Crippen LogP contribution is 2.37. The minimum absolute atomic E-state index is 0.00979. The third-order valence-electron chi connectivity index (χ3n) is 5.06. The third kappa shape index (κ3) is 3.97. The van der Waals surface area contributed by atoms with E-state index in [9.17, 15) is 18.0 Å². The van der Waals surface area contributed by atoms with Crippen LogP contribution in [0.3, 0.4) is 0 Å². The fourth-order valence-corrected chi connectivity index (χ4v) is 3.77. The summed E-state index contributed by atoms with van der Waals surface area (Å²) in [5.41, 5.74) is 5.90. The zero-order valence-corrected chi connectivity index (χ0v) is 17.2. The van der Waals surface area contributed by atoms with E-state index >= 15 is 0 Å². The molecule has 0 radical (unpaired) electrons. The number of carbonyl (C=O) groups excluding carboxylic acids is 1. The van der Waals surface area contributed by atoms with Crippen molar-refractivity contribution in [2.75, 3.05) is 11.6 Å². The first-order valence-electron chi connectivity index (χ1n) is 9.27. The van der Waals surface area contributed by atoms with E-state index in [4.69, 9.17) is 23.2 Å². The molecule has 2 aromatic rings. The van der Waals surface area contributed by atoms with Crippen molar-refractivity contribution in [1.29, 1.82) is 0 Å². The normalized spacial score (nSPS) is 17.4. The zero-order valence-electron chi connectivity index (χ0n) is 16.4. The Hall–Kier alpha value is -2.72. The van der Waals surface area contributed by atoms with E-state index in [1.54, 1.807) is 23.9 Å². The lowest BCUT2D eigenvalue weighted by atomic mass is 10.0. The molecule has 162 valence electrons. The van der Waals surface area contributed by atoms with Gasteiger partial charge >= 0.3 is 6.18 Å². The number of hydrogen-bond acceptors (Lipinski definition) is 5. The second-order valence-electron chi connectivity index (χ2n) is 7.00. The number of amides is 1. The Bertz CT molecular complexity index is 987. The number of rotatable bonds is 4. The molecule has 4 N–H and O–H groups in total. The highest BCUT2D eigenvalue weighted by molar-refractivity contribution is 6.34. The van der Waals surface area contributed by atoms with Gasteiger partial charge in [0, 0.05) is 30.8 Å². The van der Waals surface area contributed by atoms with Gasteiger partial charge < -0.3 is 10.6 Å². The van der Waals surface area contributed by atoms with Crippen molar-refractivity contribution in [3.8, 4) is 0 Å². The minimum Gasteiger partial charge on any atom is -0.399 e. The molecule has 2 heterocycles. The van der Waals surface area contributed by atoms with Gasteiger partial charge in [0.25, 0.3) is 5.91 Å². The van der Waals surface area contributed by atoms with Crippen LogP contribution in [0.1, 0.15) is 36.2 Å². The van der Waals surface area contributed by atoms with Crippen LogP contribution in [0.25, 0.3) is 0 Å². The molecule has 7 nitrogen and oxygen atoms in total. The molecule has 1 atom stereocenters. The summed E-state index contributed by atoms with van der Waals surface area (Å²) in [6.07, 6.45) is -2.72. The summed E-state index contributed by atoms with van der Waals surface area (Å²) in [5.74, 6) is 6.27. The third-order valence-corrected chi connectivity index (χ3v) is 5.47. The molecule has 0 saturated heterocycles. The van der Waals surface area contributed by atoms with Gasteiger partial charge in [-0.05, 0) is 26.0 Å². The van der Waals surface area contributed by atoms with E-state index in [1.165, 1.54) is 16.0 Å². The molecule has 0 bridgehead atoms. The number of aryl methyl sites for hydroxylation is 1. The maximum Gasteiger partial charge on any atom is 0.417 e. The number of hydrazine groups is 1. The van der Waals surface area contributed by atoms with Crippen LogP contribution in [0.15, 0.2) is 41.9 Å². The molecule has 0 saturated carbocycles. The predicted octanol–water partition coefficient (Wildman–Crippen LogP) is 3.36. The number of benzene rings is 1. The van der Waals surface area contributed by atoms with Gasteiger partial charge in [-0.25, -0.2) is 10.5 Å². The molecular weight excluding hydrogens is 421 g/mol. The van der Waals surface area contributed by atoms with Crippen LogP contribution >= 0.6 is 11.6 Å². The number of nitrogens with zero attached hydrogens (tertiary/aromatic N) is 4. The van der Waals surface area contributed by atoms with E-state index < -0.39 is 22.7 Å². The fourth-order valence-electron chi connectivity index (χ4n) is 3.46. The lowest BCUT2D eigenvalue weighted by Gasteiger charge is -2.38. The number of carbonyl (C=O) groups is 1.